The van der Waals surface area contributed by atoms with Gasteiger partial charge in [-0.1, -0.05) is 41.5 Å². The molecule has 32 heavy (non-hydrogen) atoms. The lowest BCUT2D eigenvalue weighted by molar-refractivity contribution is 0.922. The number of benzene rings is 2. The van der Waals surface area contributed by atoms with Gasteiger partial charge in [-0.2, -0.15) is 0 Å². The van der Waals surface area contributed by atoms with Gasteiger partial charge in [0.2, 0.25) is 0 Å². The number of nitrogens with one attached hydrogen (secondary N) is 1. The van der Waals surface area contributed by atoms with Gasteiger partial charge in [-0.15, -0.1) is 0 Å². The summed E-state index contributed by atoms with van der Waals surface area (Å²) < 4.78 is 0. The highest BCUT2D eigenvalue weighted by Crippen LogP contribution is 2.29. The minimum atomic E-state index is -0.0309. The van der Waals surface area contributed by atoms with E-state index in [4.69, 9.17) is 0 Å². The quantitative estimate of drug-likeness (QED) is 0.639. The lowest BCUT2D eigenvalue weighted by Gasteiger charge is -2.35. The molecular weight excluding hydrogens is 392 g/mol. The number of nitrogens with zero attached hydrogens (tertiary/aromatic N) is 3. The number of anilines is 2. The van der Waals surface area contributed by atoms with Crippen LogP contribution in [-0.4, -0.2) is 31.6 Å². The Morgan fingerprint density at radius 3 is 2.09 bits per heavy atom. The van der Waals surface area contributed by atoms with Gasteiger partial charge >= 0.3 is 0 Å². The highest BCUT2D eigenvalue weighted by Gasteiger charge is 2.26. The second-order valence-corrected chi connectivity index (χ2v) is 8.13. The Kier molecular flexibility index (Phi) is 6.50. The Morgan fingerprint density at radius 1 is 0.812 bits per heavy atom. The van der Waals surface area contributed by atoms with Gasteiger partial charge in [0.15, 0.2) is 0 Å². The maximum absolute atomic E-state index is 4.61. The third-order valence-corrected chi connectivity index (χ3v) is 5.80. The van der Waals surface area contributed by atoms with Crippen molar-refractivity contribution >= 4 is 22.8 Å². The maximum Gasteiger partial charge on any atom is 0.0964 e. The predicted octanol–water partition coefficient (Wildman–Crippen LogP) is 6.03. The van der Waals surface area contributed by atoms with Crippen molar-refractivity contribution in [2.45, 2.75) is 26.3 Å². The second kappa shape index (κ2) is 9.65. The molecule has 162 valence electrons. The highest BCUT2D eigenvalue weighted by atomic mass is 15.2. The molecule has 0 saturated carbocycles. The smallest absolute Gasteiger partial charge is 0.0964 e. The molecule has 4 heteroatoms. The molecule has 0 bridgehead atoms. The van der Waals surface area contributed by atoms with E-state index < -0.39 is 0 Å². The molecule has 2 aromatic rings. The molecule has 0 radical (unpaired) electrons. The van der Waals surface area contributed by atoms with E-state index in [-0.39, 0.29) is 6.04 Å². The fraction of sp³-hybridized carbons (Fsp3) is 0.214. The van der Waals surface area contributed by atoms with E-state index in [1.165, 1.54) is 11.1 Å². The molecule has 0 aliphatic heterocycles. The molecule has 0 saturated heterocycles. The van der Waals surface area contributed by atoms with Crippen LogP contribution in [0.4, 0.5) is 11.4 Å². The highest BCUT2D eigenvalue weighted by molar-refractivity contribution is 6.05. The first-order chi connectivity index (χ1) is 15.6. The number of aliphatic imine (C=N–C) groups is 2. The minimum absolute atomic E-state index is 0.0309. The normalized spacial score (nSPS) is 20.3. The van der Waals surface area contributed by atoms with Crippen molar-refractivity contribution in [2.75, 3.05) is 24.3 Å². The van der Waals surface area contributed by atoms with E-state index >= 15 is 0 Å². The van der Waals surface area contributed by atoms with Crippen LogP contribution in [0.15, 0.2) is 106 Å². The van der Waals surface area contributed by atoms with Crippen molar-refractivity contribution in [1.82, 2.24) is 0 Å². The largest absolute Gasteiger partial charge is 0.356 e. The van der Waals surface area contributed by atoms with Crippen LogP contribution < -0.4 is 10.2 Å². The van der Waals surface area contributed by atoms with E-state index in [2.05, 4.69) is 119 Å². The Bertz CT molecular complexity index is 1140. The average molecular weight is 423 g/mol. The number of allylic oxidation sites excluding steroid dienone is 4. The standard InChI is InChI=1S/C28H30N4/c1-20-5-9-23(10-6-20)31-24-13-18-27(30-4)28(19-24)32(25-14-7-21(2)8-15-25)26-16-11-22(29-3)12-17-26/h5-11,13-19,28,31H,12H2,1-4H3. The van der Waals surface area contributed by atoms with Gasteiger partial charge in [0, 0.05) is 49.0 Å². The third kappa shape index (κ3) is 4.80. The predicted molar refractivity (Wildman–Crippen MR) is 138 cm³/mol. The Morgan fingerprint density at radius 2 is 1.50 bits per heavy atom. The van der Waals surface area contributed by atoms with E-state index in [1.54, 1.807) is 0 Å². The van der Waals surface area contributed by atoms with Crippen LogP contribution in [0.3, 0.4) is 0 Å². The van der Waals surface area contributed by atoms with Crippen LogP contribution in [0.1, 0.15) is 17.5 Å². The summed E-state index contributed by atoms with van der Waals surface area (Å²) in [6.07, 6.45) is 13.8. The minimum Gasteiger partial charge on any atom is -0.356 e. The lowest BCUT2D eigenvalue weighted by Crippen LogP contribution is -2.40. The molecule has 1 N–H and O–H groups in total. The Labute approximate surface area is 191 Å². The zero-order valence-corrected chi connectivity index (χ0v) is 19.2. The fourth-order valence-electron chi connectivity index (χ4n) is 3.93. The van der Waals surface area contributed by atoms with E-state index in [0.717, 1.165) is 40.6 Å². The van der Waals surface area contributed by atoms with Crippen molar-refractivity contribution in [3.8, 4) is 0 Å². The van der Waals surface area contributed by atoms with Crippen LogP contribution in [0, 0.1) is 13.8 Å². The summed E-state index contributed by atoms with van der Waals surface area (Å²) in [5, 5.41) is 3.55. The zero-order valence-electron chi connectivity index (χ0n) is 19.2. The van der Waals surface area contributed by atoms with Crippen molar-refractivity contribution in [2.24, 2.45) is 9.98 Å². The van der Waals surface area contributed by atoms with Gasteiger partial charge in [-0.3, -0.25) is 9.98 Å². The van der Waals surface area contributed by atoms with Crippen LogP contribution in [-0.2, 0) is 0 Å². The van der Waals surface area contributed by atoms with Crippen molar-refractivity contribution in [3.05, 3.63) is 108 Å². The van der Waals surface area contributed by atoms with Crippen molar-refractivity contribution in [1.29, 1.82) is 0 Å². The van der Waals surface area contributed by atoms with E-state index in [0.29, 0.717) is 0 Å². The fourth-order valence-corrected chi connectivity index (χ4v) is 3.93. The van der Waals surface area contributed by atoms with Crippen LogP contribution in [0.25, 0.3) is 0 Å². The summed E-state index contributed by atoms with van der Waals surface area (Å²) in [6.45, 7) is 4.22. The number of aryl methyl sites for hydroxylation is 2. The molecule has 0 aromatic heterocycles. The molecule has 0 amide bonds. The summed E-state index contributed by atoms with van der Waals surface area (Å²) >= 11 is 0. The number of rotatable bonds is 5. The molecule has 0 heterocycles. The molecule has 2 aliphatic rings. The van der Waals surface area contributed by atoms with Gasteiger partial charge in [0.25, 0.3) is 0 Å². The first-order valence-electron chi connectivity index (χ1n) is 11.0. The second-order valence-electron chi connectivity index (χ2n) is 8.13. The Balaban J connectivity index is 1.73. The van der Waals surface area contributed by atoms with Gasteiger partial charge in [-0.25, -0.2) is 0 Å². The number of hydrogen-bond donors (Lipinski definition) is 1. The lowest BCUT2D eigenvalue weighted by atomic mass is 9.98. The average Bonchev–Trinajstić information content (AvgIpc) is 2.83. The van der Waals surface area contributed by atoms with Crippen LogP contribution >= 0.6 is 0 Å². The molecule has 1 unspecified atom stereocenters. The first kappa shape index (κ1) is 21.6. The van der Waals surface area contributed by atoms with Gasteiger partial charge in [0.05, 0.1) is 11.8 Å². The van der Waals surface area contributed by atoms with E-state index in [1.807, 2.05) is 14.1 Å². The molecular formula is C28H30N4. The maximum atomic E-state index is 4.61. The molecule has 2 aromatic carbocycles. The summed E-state index contributed by atoms with van der Waals surface area (Å²) in [6, 6.07) is 17.1. The number of hydrogen-bond acceptors (Lipinski definition) is 4. The summed E-state index contributed by atoms with van der Waals surface area (Å²) in [7, 11) is 3.70. The van der Waals surface area contributed by atoms with Gasteiger partial charge < -0.3 is 10.2 Å². The topological polar surface area (TPSA) is 40.0 Å². The molecule has 0 spiro atoms. The summed E-state index contributed by atoms with van der Waals surface area (Å²) in [4.78, 5) is 11.3. The molecule has 1 atom stereocenters. The first-order valence-corrected chi connectivity index (χ1v) is 11.0. The molecule has 0 fully saturated rings. The Hall–Kier alpha value is -3.66. The summed E-state index contributed by atoms with van der Waals surface area (Å²) in [5.41, 5.74) is 9.01. The van der Waals surface area contributed by atoms with E-state index in [9.17, 15) is 0 Å². The van der Waals surface area contributed by atoms with Gasteiger partial charge in [-0.05, 0) is 68.5 Å². The molecule has 4 nitrogen and oxygen atoms in total. The van der Waals surface area contributed by atoms with Crippen LogP contribution in [0.5, 0.6) is 0 Å². The van der Waals surface area contributed by atoms with Crippen molar-refractivity contribution in [3.63, 3.8) is 0 Å². The van der Waals surface area contributed by atoms with Crippen LogP contribution in [0.2, 0.25) is 0 Å². The molecule has 2 aliphatic carbocycles. The third-order valence-electron chi connectivity index (χ3n) is 5.80. The zero-order chi connectivity index (χ0) is 22.5. The SMILES string of the molecule is CN=C1C=CC(N(c2ccc(C)cc2)C2C=C(Nc3ccc(C)cc3)C=CC2=NC)=CC1. The molecule has 4 rings (SSSR count). The monoisotopic (exact) mass is 422 g/mol. The van der Waals surface area contributed by atoms with Crippen molar-refractivity contribution < 1.29 is 0 Å². The van der Waals surface area contributed by atoms with Gasteiger partial charge in [0.1, 0.15) is 0 Å². The summed E-state index contributed by atoms with van der Waals surface area (Å²) in [5.74, 6) is 0.